The van der Waals surface area contributed by atoms with Crippen LogP contribution in [0.5, 0.6) is 0 Å². The molecule has 1 saturated carbocycles. The van der Waals surface area contributed by atoms with Gasteiger partial charge in [0.1, 0.15) is 0 Å². The molecule has 110 valence electrons. The highest BCUT2D eigenvalue weighted by Gasteiger charge is 2.42. The largest absolute Gasteiger partial charge is 0.342 e. The van der Waals surface area contributed by atoms with E-state index in [9.17, 15) is 4.79 Å². The van der Waals surface area contributed by atoms with E-state index in [1.165, 1.54) is 0 Å². The smallest absolute Gasteiger partial charge is 0.225 e. The van der Waals surface area contributed by atoms with Gasteiger partial charge in [-0.15, -0.1) is 0 Å². The lowest BCUT2D eigenvalue weighted by atomic mass is 9.93. The zero-order chi connectivity index (χ0) is 14.4. The molecule has 5 heteroatoms. The molecule has 1 aliphatic carbocycles. The van der Waals surface area contributed by atoms with Gasteiger partial charge in [-0.05, 0) is 37.3 Å². The van der Waals surface area contributed by atoms with Crippen LogP contribution in [0.1, 0.15) is 37.8 Å². The number of likely N-dealkylation sites (tertiary alicyclic amines) is 1. The second-order valence-electron chi connectivity index (χ2n) is 6.45. The van der Waals surface area contributed by atoms with Gasteiger partial charge in [-0.1, -0.05) is 6.92 Å². The van der Waals surface area contributed by atoms with Crippen molar-refractivity contribution in [1.29, 1.82) is 0 Å². The first-order valence-corrected chi connectivity index (χ1v) is 7.82. The van der Waals surface area contributed by atoms with Crippen molar-refractivity contribution in [2.75, 3.05) is 13.1 Å². The number of hydrogen-bond acceptors (Lipinski definition) is 3. The number of amides is 1. The summed E-state index contributed by atoms with van der Waals surface area (Å²) in [7, 11) is 0. The van der Waals surface area contributed by atoms with Crippen LogP contribution >= 0.6 is 0 Å². The molecule has 0 bridgehead atoms. The first-order chi connectivity index (χ1) is 10.2. The monoisotopic (exact) mass is 284 g/mol. The van der Waals surface area contributed by atoms with Gasteiger partial charge in [0.15, 0.2) is 5.65 Å². The van der Waals surface area contributed by atoms with Crippen LogP contribution < -0.4 is 0 Å². The van der Waals surface area contributed by atoms with Crippen molar-refractivity contribution in [3.63, 3.8) is 0 Å². The quantitative estimate of drug-likeness (QED) is 0.920. The van der Waals surface area contributed by atoms with Gasteiger partial charge in [0.25, 0.3) is 0 Å². The normalized spacial score (nSPS) is 28.8. The van der Waals surface area contributed by atoms with Gasteiger partial charge in [0.05, 0.1) is 0 Å². The van der Waals surface area contributed by atoms with Crippen LogP contribution in [0.2, 0.25) is 0 Å². The summed E-state index contributed by atoms with van der Waals surface area (Å²) >= 11 is 0. The first kappa shape index (κ1) is 12.8. The van der Waals surface area contributed by atoms with Crippen molar-refractivity contribution in [3.05, 3.63) is 24.0 Å². The lowest BCUT2D eigenvalue weighted by molar-refractivity contribution is -0.134. The summed E-state index contributed by atoms with van der Waals surface area (Å²) in [5, 5.41) is 8.52. The van der Waals surface area contributed by atoms with E-state index in [0.29, 0.717) is 17.7 Å². The summed E-state index contributed by atoms with van der Waals surface area (Å²) in [5.74, 6) is 1.57. The Morgan fingerprint density at radius 1 is 1.48 bits per heavy atom. The topological polar surface area (TPSA) is 61.9 Å². The van der Waals surface area contributed by atoms with E-state index in [1.54, 1.807) is 6.20 Å². The third-order valence-electron chi connectivity index (χ3n) is 4.93. The molecule has 2 aromatic rings. The van der Waals surface area contributed by atoms with Gasteiger partial charge in [-0.3, -0.25) is 9.89 Å². The molecule has 1 amide bonds. The molecule has 2 aromatic heterocycles. The lowest BCUT2D eigenvalue weighted by Gasteiger charge is -2.32. The number of rotatable bonds is 2. The van der Waals surface area contributed by atoms with E-state index >= 15 is 0 Å². The Balaban J connectivity index is 1.56. The molecule has 2 aliphatic rings. The molecule has 0 spiro atoms. The highest BCUT2D eigenvalue weighted by atomic mass is 16.2. The molecular formula is C16H20N4O. The summed E-state index contributed by atoms with van der Waals surface area (Å²) in [5.41, 5.74) is 1.91. The SMILES string of the molecule is C[C@H]1C[C@H]1C(=O)N1CCC[C@H](c2[nH]nc3ncccc23)C1. The lowest BCUT2D eigenvalue weighted by Crippen LogP contribution is -2.40. The molecule has 0 aromatic carbocycles. The fourth-order valence-electron chi connectivity index (χ4n) is 3.49. The third kappa shape index (κ3) is 2.20. The number of carbonyl (C=O) groups excluding carboxylic acids is 1. The molecular weight excluding hydrogens is 264 g/mol. The van der Waals surface area contributed by atoms with Crippen molar-refractivity contribution < 1.29 is 4.79 Å². The number of hydrogen-bond donors (Lipinski definition) is 1. The molecule has 2 fully saturated rings. The molecule has 5 nitrogen and oxygen atoms in total. The molecule has 0 radical (unpaired) electrons. The number of piperidine rings is 1. The standard InChI is InChI=1S/C16H20N4O/c1-10-8-13(10)16(21)20-7-3-4-11(9-20)14-12-5-2-6-17-15(12)19-18-14/h2,5-6,10-11,13H,3-4,7-9H2,1H3,(H,17,18,19)/t10-,11-,13+/m0/s1. The van der Waals surface area contributed by atoms with E-state index in [4.69, 9.17) is 0 Å². The molecule has 3 atom stereocenters. The maximum absolute atomic E-state index is 12.4. The molecule has 1 aliphatic heterocycles. The van der Waals surface area contributed by atoms with Crippen molar-refractivity contribution in [1.82, 2.24) is 20.1 Å². The number of carbonyl (C=O) groups is 1. The summed E-state index contributed by atoms with van der Waals surface area (Å²) in [6.07, 6.45) is 5.00. The van der Waals surface area contributed by atoms with Crippen LogP contribution in [0.3, 0.4) is 0 Å². The van der Waals surface area contributed by atoms with Crippen LogP contribution in [0, 0.1) is 11.8 Å². The number of nitrogens with one attached hydrogen (secondary N) is 1. The molecule has 1 N–H and O–H groups in total. The zero-order valence-electron chi connectivity index (χ0n) is 12.2. The van der Waals surface area contributed by atoms with E-state index in [2.05, 4.69) is 33.1 Å². The minimum atomic E-state index is 0.281. The van der Waals surface area contributed by atoms with Crippen LogP contribution in [-0.4, -0.2) is 39.1 Å². The fourth-order valence-corrected chi connectivity index (χ4v) is 3.49. The summed E-state index contributed by atoms with van der Waals surface area (Å²) in [6, 6.07) is 4.00. The van der Waals surface area contributed by atoms with Gasteiger partial charge in [-0.25, -0.2) is 4.98 Å². The second-order valence-corrected chi connectivity index (χ2v) is 6.45. The molecule has 1 saturated heterocycles. The fraction of sp³-hybridized carbons (Fsp3) is 0.562. The van der Waals surface area contributed by atoms with Crippen LogP contribution in [0.25, 0.3) is 11.0 Å². The zero-order valence-corrected chi connectivity index (χ0v) is 12.2. The number of aromatic nitrogens is 3. The highest BCUT2D eigenvalue weighted by Crippen LogP contribution is 2.40. The van der Waals surface area contributed by atoms with E-state index in [1.807, 2.05) is 6.07 Å². The average Bonchev–Trinajstić information content (AvgIpc) is 3.10. The summed E-state index contributed by atoms with van der Waals surface area (Å²) in [4.78, 5) is 18.8. The van der Waals surface area contributed by atoms with Crippen molar-refractivity contribution in [2.24, 2.45) is 11.8 Å². The number of nitrogens with zero attached hydrogens (tertiary/aromatic N) is 3. The number of fused-ring (bicyclic) bond motifs is 1. The maximum atomic E-state index is 12.4. The predicted molar refractivity (Wildman–Crippen MR) is 79.7 cm³/mol. The Morgan fingerprint density at radius 3 is 3.14 bits per heavy atom. The van der Waals surface area contributed by atoms with Crippen molar-refractivity contribution in [3.8, 4) is 0 Å². The van der Waals surface area contributed by atoms with Gasteiger partial charge in [-0.2, -0.15) is 5.10 Å². The second kappa shape index (κ2) is 4.83. The van der Waals surface area contributed by atoms with Crippen LogP contribution in [-0.2, 0) is 4.79 Å². The third-order valence-corrected chi connectivity index (χ3v) is 4.93. The maximum Gasteiger partial charge on any atom is 0.225 e. The van der Waals surface area contributed by atoms with Gasteiger partial charge < -0.3 is 4.90 Å². The number of H-pyrrole nitrogens is 1. The van der Waals surface area contributed by atoms with Gasteiger partial charge in [0.2, 0.25) is 5.91 Å². The van der Waals surface area contributed by atoms with Gasteiger partial charge >= 0.3 is 0 Å². The van der Waals surface area contributed by atoms with Crippen LogP contribution in [0.15, 0.2) is 18.3 Å². The molecule has 4 rings (SSSR count). The average molecular weight is 284 g/mol. The van der Waals surface area contributed by atoms with E-state index in [-0.39, 0.29) is 5.92 Å². The van der Waals surface area contributed by atoms with E-state index < -0.39 is 0 Å². The summed E-state index contributed by atoms with van der Waals surface area (Å²) in [6.45, 7) is 3.88. The van der Waals surface area contributed by atoms with Gasteiger partial charge in [0, 0.05) is 42.2 Å². The minimum Gasteiger partial charge on any atom is -0.342 e. The van der Waals surface area contributed by atoms with Crippen molar-refractivity contribution >= 4 is 16.9 Å². The first-order valence-electron chi connectivity index (χ1n) is 7.82. The summed E-state index contributed by atoms with van der Waals surface area (Å²) < 4.78 is 0. The highest BCUT2D eigenvalue weighted by molar-refractivity contribution is 5.82. The molecule has 0 unspecified atom stereocenters. The Kier molecular flexibility index (Phi) is 2.94. The Labute approximate surface area is 123 Å². The number of pyridine rings is 1. The van der Waals surface area contributed by atoms with Crippen molar-refractivity contribution in [2.45, 2.75) is 32.1 Å². The van der Waals surface area contributed by atoms with Crippen LogP contribution in [0.4, 0.5) is 0 Å². The Hall–Kier alpha value is -1.91. The number of aromatic amines is 1. The Bertz CT molecular complexity index is 680. The Morgan fingerprint density at radius 2 is 2.33 bits per heavy atom. The predicted octanol–water partition coefficient (Wildman–Crippen LogP) is 2.32. The molecule has 3 heterocycles. The van der Waals surface area contributed by atoms with E-state index in [0.717, 1.165) is 49.1 Å². The minimum absolute atomic E-state index is 0.281. The molecule has 21 heavy (non-hydrogen) atoms.